The molecule has 0 spiro atoms. The van der Waals surface area contributed by atoms with Gasteiger partial charge in [0.05, 0.1) is 0 Å². The number of piperidine rings is 1. The van der Waals surface area contributed by atoms with Gasteiger partial charge in [0.2, 0.25) is 0 Å². The van der Waals surface area contributed by atoms with E-state index in [0.717, 1.165) is 0 Å². The van der Waals surface area contributed by atoms with E-state index in [4.69, 9.17) is 21.1 Å². The van der Waals surface area contributed by atoms with Crippen LogP contribution >= 0.6 is 11.6 Å². The Morgan fingerprint density at radius 2 is 1.80 bits per heavy atom. The van der Waals surface area contributed by atoms with Crippen LogP contribution in [0, 0.1) is 11.8 Å². The Morgan fingerprint density at radius 3 is 2.36 bits per heavy atom. The second-order valence-electron chi connectivity index (χ2n) is 7.55. The van der Waals surface area contributed by atoms with Gasteiger partial charge in [-0.2, -0.15) is 0 Å². The van der Waals surface area contributed by atoms with Crippen molar-refractivity contribution in [2.75, 3.05) is 19.7 Å². The van der Waals surface area contributed by atoms with Crippen LogP contribution in [0.25, 0.3) is 0 Å². The quantitative estimate of drug-likeness (QED) is 0.889. The molecule has 136 valence electrons. The van der Waals surface area contributed by atoms with Crippen molar-refractivity contribution >= 4 is 23.6 Å². The van der Waals surface area contributed by atoms with Crippen molar-refractivity contribution in [3.8, 4) is 5.75 Å². The Balaban J connectivity index is 1.38. The number of benzene rings is 1. The van der Waals surface area contributed by atoms with Crippen molar-refractivity contribution < 1.29 is 19.1 Å². The fraction of sp³-hybridized carbons (Fsp3) is 0.556. The largest absolute Gasteiger partial charge is 0.484 e. The molecule has 7 heteroatoms. The predicted molar refractivity (Wildman–Crippen MR) is 93.7 cm³/mol. The lowest BCUT2D eigenvalue weighted by molar-refractivity contribution is -0.123. The average molecular weight is 367 g/mol. The van der Waals surface area contributed by atoms with Gasteiger partial charge in [-0.1, -0.05) is 11.6 Å². The number of nitrogens with zero attached hydrogens (tertiary/aromatic N) is 1. The van der Waals surface area contributed by atoms with Crippen molar-refractivity contribution in [3.63, 3.8) is 0 Å². The number of carbonyl (C=O) groups excluding carboxylic acids is 2. The minimum absolute atomic E-state index is 0.0344. The van der Waals surface area contributed by atoms with Crippen LogP contribution in [0.1, 0.15) is 20.8 Å². The van der Waals surface area contributed by atoms with E-state index in [1.807, 2.05) is 20.8 Å². The molecule has 0 radical (unpaired) electrons. The number of nitrogens with one attached hydrogen (secondary N) is 1. The van der Waals surface area contributed by atoms with Crippen LogP contribution in [0.5, 0.6) is 5.75 Å². The molecule has 0 unspecified atom stereocenters. The third-order valence-corrected chi connectivity index (χ3v) is 4.61. The van der Waals surface area contributed by atoms with Crippen LogP contribution < -0.4 is 10.1 Å². The SMILES string of the molecule is CC(C)(C)OC(=O)N1C[C@@H]2[C@H](C1)[C@@H]2NC(=O)COc1ccc(Cl)cc1. The van der Waals surface area contributed by atoms with Crippen molar-refractivity contribution in [3.05, 3.63) is 29.3 Å². The minimum Gasteiger partial charge on any atom is -0.484 e. The van der Waals surface area contributed by atoms with Gasteiger partial charge < -0.3 is 19.7 Å². The van der Waals surface area contributed by atoms with Crippen LogP contribution in [0.2, 0.25) is 5.02 Å². The molecule has 2 aliphatic rings. The van der Waals surface area contributed by atoms with Gasteiger partial charge in [0.1, 0.15) is 11.4 Å². The van der Waals surface area contributed by atoms with Crippen molar-refractivity contribution in [1.29, 1.82) is 0 Å². The average Bonchev–Trinajstić information content (AvgIpc) is 2.95. The summed E-state index contributed by atoms with van der Waals surface area (Å²) in [7, 11) is 0. The zero-order chi connectivity index (χ0) is 18.2. The van der Waals surface area contributed by atoms with E-state index in [0.29, 0.717) is 35.7 Å². The summed E-state index contributed by atoms with van der Waals surface area (Å²) < 4.78 is 10.8. The lowest BCUT2D eigenvalue weighted by Crippen LogP contribution is -2.41. The summed E-state index contributed by atoms with van der Waals surface area (Å²) in [4.78, 5) is 25.7. The molecule has 1 saturated heterocycles. The molecule has 0 aromatic heterocycles. The first-order valence-corrected chi connectivity index (χ1v) is 8.76. The number of ether oxygens (including phenoxy) is 2. The molecule has 1 N–H and O–H groups in total. The predicted octanol–water partition coefficient (Wildman–Crippen LogP) is 2.70. The summed E-state index contributed by atoms with van der Waals surface area (Å²) >= 11 is 5.80. The topological polar surface area (TPSA) is 67.9 Å². The van der Waals surface area contributed by atoms with Gasteiger partial charge in [0.15, 0.2) is 6.61 Å². The molecule has 6 nitrogen and oxygen atoms in total. The Morgan fingerprint density at radius 1 is 1.20 bits per heavy atom. The van der Waals surface area contributed by atoms with Gasteiger partial charge in [0, 0.05) is 36.0 Å². The molecule has 1 aromatic carbocycles. The first-order valence-electron chi connectivity index (χ1n) is 8.38. The van der Waals surface area contributed by atoms with Gasteiger partial charge in [0.25, 0.3) is 5.91 Å². The first kappa shape index (κ1) is 17.9. The molecule has 0 bridgehead atoms. The first-order chi connectivity index (χ1) is 11.7. The summed E-state index contributed by atoms with van der Waals surface area (Å²) in [6, 6.07) is 7.00. The summed E-state index contributed by atoms with van der Waals surface area (Å²) in [5.41, 5.74) is -0.490. The van der Waals surface area contributed by atoms with Crippen LogP contribution in [0.4, 0.5) is 4.79 Å². The molecule has 1 heterocycles. The molecule has 25 heavy (non-hydrogen) atoms. The molecular formula is C18H23ClN2O4. The highest BCUT2D eigenvalue weighted by Crippen LogP contribution is 2.45. The van der Waals surface area contributed by atoms with Crippen molar-refractivity contribution in [2.45, 2.75) is 32.4 Å². The molecule has 1 aliphatic carbocycles. The monoisotopic (exact) mass is 366 g/mol. The number of halogens is 1. The molecule has 1 aromatic rings. The van der Waals surface area contributed by atoms with E-state index >= 15 is 0 Å². The Kier molecular flexibility index (Phi) is 4.82. The molecule has 3 rings (SSSR count). The number of carbonyl (C=O) groups is 2. The molecular weight excluding hydrogens is 344 g/mol. The number of likely N-dealkylation sites (tertiary alicyclic amines) is 1. The third-order valence-electron chi connectivity index (χ3n) is 4.36. The fourth-order valence-electron chi connectivity index (χ4n) is 3.12. The maximum absolute atomic E-state index is 12.0. The standard InChI is InChI=1S/C18H23ClN2O4/c1-18(2,3)25-17(23)21-8-13-14(9-21)16(13)20-15(22)10-24-12-6-4-11(19)5-7-12/h4-7,13-14,16H,8-10H2,1-3H3,(H,20,22)/t13-,14+,16-. The summed E-state index contributed by atoms with van der Waals surface area (Å²) in [5, 5.41) is 3.60. The number of rotatable bonds is 4. The second kappa shape index (κ2) is 6.75. The zero-order valence-electron chi connectivity index (χ0n) is 14.6. The second-order valence-corrected chi connectivity index (χ2v) is 7.99. The van der Waals surface area contributed by atoms with E-state index in [2.05, 4.69) is 5.32 Å². The van der Waals surface area contributed by atoms with Crippen molar-refractivity contribution in [1.82, 2.24) is 10.2 Å². The van der Waals surface area contributed by atoms with Gasteiger partial charge in [-0.05, 0) is 45.0 Å². The van der Waals surface area contributed by atoms with Crippen molar-refractivity contribution in [2.24, 2.45) is 11.8 Å². The number of amides is 2. The third kappa shape index (κ3) is 4.57. The zero-order valence-corrected chi connectivity index (χ0v) is 15.4. The van der Waals surface area contributed by atoms with E-state index < -0.39 is 5.60 Å². The lowest BCUT2D eigenvalue weighted by atomic mass is 10.2. The van der Waals surface area contributed by atoms with Crippen LogP contribution in [0.15, 0.2) is 24.3 Å². The van der Waals surface area contributed by atoms with E-state index in [-0.39, 0.29) is 24.6 Å². The highest BCUT2D eigenvalue weighted by Gasteiger charge is 2.57. The number of fused-ring (bicyclic) bond motifs is 1. The van der Waals surface area contributed by atoms with Gasteiger partial charge in [-0.3, -0.25) is 4.79 Å². The maximum atomic E-state index is 12.0. The Bertz CT molecular complexity index is 644. The number of hydrogen-bond acceptors (Lipinski definition) is 4. The van der Waals surface area contributed by atoms with E-state index in [1.54, 1.807) is 29.2 Å². The van der Waals surface area contributed by atoms with Crippen LogP contribution in [-0.4, -0.2) is 48.2 Å². The smallest absolute Gasteiger partial charge is 0.410 e. The molecule has 2 fully saturated rings. The maximum Gasteiger partial charge on any atom is 0.410 e. The van der Waals surface area contributed by atoms with Gasteiger partial charge >= 0.3 is 6.09 Å². The minimum atomic E-state index is -0.490. The highest BCUT2D eigenvalue weighted by molar-refractivity contribution is 6.30. The molecule has 1 saturated carbocycles. The molecule has 1 aliphatic heterocycles. The summed E-state index contributed by atoms with van der Waals surface area (Å²) in [6.45, 7) is 6.78. The van der Waals surface area contributed by atoms with Crippen LogP contribution in [0.3, 0.4) is 0 Å². The fourth-order valence-corrected chi connectivity index (χ4v) is 3.25. The van der Waals surface area contributed by atoms with E-state index in [9.17, 15) is 9.59 Å². The summed E-state index contributed by atoms with van der Waals surface area (Å²) in [5.74, 6) is 1.07. The molecule has 2 amide bonds. The Labute approximate surface area is 152 Å². The molecule has 3 atom stereocenters. The summed E-state index contributed by atoms with van der Waals surface area (Å²) in [6.07, 6.45) is -0.282. The highest BCUT2D eigenvalue weighted by atomic mass is 35.5. The lowest BCUT2D eigenvalue weighted by Gasteiger charge is -2.26. The van der Waals surface area contributed by atoms with E-state index in [1.165, 1.54) is 0 Å². The van der Waals surface area contributed by atoms with Gasteiger partial charge in [-0.15, -0.1) is 0 Å². The Hall–Kier alpha value is -1.95. The normalized spacial score (nSPS) is 24.5. The van der Waals surface area contributed by atoms with Gasteiger partial charge in [-0.25, -0.2) is 4.79 Å². The number of hydrogen-bond donors (Lipinski definition) is 1. The van der Waals surface area contributed by atoms with Crippen LogP contribution in [-0.2, 0) is 9.53 Å².